The molecular weight excluding hydrogens is 236 g/mol. The van der Waals surface area contributed by atoms with Crippen molar-refractivity contribution in [3.63, 3.8) is 0 Å². The summed E-state index contributed by atoms with van der Waals surface area (Å²) in [4.78, 5) is 26.6. The van der Waals surface area contributed by atoms with Crippen LogP contribution in [0.3, 0.4) is 0 Å². The fourth-order valence-electron chi connectivity index (χ4n) is 1.86. The highest BCUT2D eigenvalue weighted by atomic mass is 32.1. The molecule has 2 heterocycles. The van der Waals surface area contributed by atoms with Crippen LogP contribution < -0.4 is 0 Å². The molecule has 0 unspecified atom stereocenters. The number of aryl methyl sites for hydroxylation is 1. The Balaban J connectivity index is 2.70. The quantitative estimate of drug-likeness (QED) is 0.671. The smallest absolute Gasteiger partial charge is 0.176 e. The number of ketones is 1. The van der Waals surface area contributed by atoms with Crippen molar-refractivity contribution in [1.29, 1.82) is 0 Å². The molecular formula is C12H12N2O2S. The van der Waals surface area contributed by atoms with Crippen LogP contribution >= 0.6 is 11.5 Å². The highest BCUT2D eigenvalue weighted by molar-refractivity contribution is 7.06. The molecule has 0 bridgehead atoms. The van der Waals surface area contributed by atoms with Gasteiger partial charge in [0.25, 0.3) is 0 Å². The summed E-state index contributed by atoms with van der Waals surface area (Å²) in [5, 5.41) is 0. The molecule has 0 saturated carbocycles. The van der Waals surface area contributed by atoms with E-state index in [4.69, 9.17) is 0 Å². The number of hydrogen-bond acceptors (Lipinski definition) is 4. The fourth-order valence-corrected chi connectivity index (χ4v) is 2.43. The van der Waals surface area contributed by atoms with E-state index < -0.39 is 0 Å². The molecule has 2 aromatic rings. The third kappa shape index (κ3) is 1.82. The van der Waals surface area contributed by atoms with Crippen LogP contribution in [0.25, 0.3) is 11.3 Å². The molecule has 0 aliphatic rings. The minimum Gasteiger partial charge on any atom is -0.351 e. The zero-order valence-electron chi connectivity index (χ0n) is 9.83. The minimum absolute atomic E-state index is 0.0716. The monoisotopic (exact) mass is 248 g/mol. The number of Topliss-reactive ketones (excluding diaryl/α,β-unsaturated/α-hetero) is 1. The first-order valence-corrected chi connectivity index (χ1v) is 5.94. The van der Waals surface area contributed by atoms with Crippen LogP contribution in [0.15, 0.2) is 6.20 Å². The van der Waals surface area contributed by atoms with E-state index in [0.29, 0.717) is 22.5 Å². The topological polar surface area (TPSA) is 62.8 Å². The lowest BCUT2D eigenvalue weighted by Crippen LogP contribution is -1.94. The Labute approximate surface area is 103 Å². The van der Waals surface area contributed by atoms with Gasteiger partial charge in [0.1, 0.15) is 0 Å². The van der Waals surface area contributed by atoms with Gasteiger partial charge in [0, 0.05) is 22.9 Å². The molecule has 88 valence electrons. The Bertz CT molecular complexity index is 596. The average molecular weight is 248 g/mol. The van der Waals surface area contributed by atoms with Crippen molar-refractivity contribution in [3.05, 3.63) is 27.9 Å². The second-order valence-corrected chi connectivity index (χ2v) is 4.89. The van der Waals surface area contributed by atoms with Crippen LogP contribution in [0.2, 0.25) is 0 Å². The molecule has 2 rings (SSSR count). The van der Waals surface area contributed by atoms with Crippen LogP contribution in [-0.4, -0.2) is 21.4 Å². The number of carbonyl (C=O) groups excluding carboxylic acids is 2. The first-order valence-electron chi connectivity index (χ1n) is 5.16. The first-order chi connectivity index (χ1) is 8.06. The first kappa shape index (κ1) is 11.7. The molecule has 0 aromatic carbocycles. The number of hydrogen-bond donors (Lipinski definition) is 1. The predicted octanol–water partition coefficient (Wildman–Crippen LogP) is 2.77. The standard InChI is InChI=1S/C12H12N2O2S/c1-6-10(5-15)12(14-11(6)7(2)16)9-4-13-17-8(9)3/h4-5,14H,1-3H3. The average Bonchev–Trinajstić information content (AvgIpc) is 2.81. The van der Waals surface area contributed by atoms with E-state index in [0.717, 1.165) is 16.7 Å². The number of nitrogens with zero attached hydrogens (tertiary/aromatic N) is 1. The molecule has 5 heteroatoms. The van der Waals surface area contributed by atoms with Gasteiger partial charge in [-0.3, -0.25) is 9.59 Å². The van der Waals surface area contributed by atoms with Crippen molar-refractivity contribution < 1.29 is 9.59 Å². The number of H-pyrrole nitrogens is 1. The normalized spacial score (nSPS) is 10.5. The van der Waals surface area contributed by atoms with Gasteiger partial charge >= 0.3 is 0 Å². The van der Waals surface area contributed by atoms with Crippen molar-refractivity contribution >= 4 is 23.6 Å². The third-order valence-corrected chi connectivity index (χ3v) is 3.49. The molecule has 0 aliphatic heterocycles. The highest BCUT2D eigenvalue weighted by Crippen LogP contribution is 2.30. The zero-order valence-corrected chi connectivity index (χ0v) is 10.6. The van der Waals surface area contributed by atoms with Crippen LogP contribution in [0.4, 0.5) is 0 Å². The molecule has 0 radical (unpaired) electrons. The van der Waals surface area contributed by atoms with Crippen LogP contribution in [0.1, 0.15) is 38.2 Å². The minimum atomic E-state index is -0.0716. The van der Waals surface area contributed by atoms with E-state index in [-0.39, 0.29) is 5.78 Å². The summed E-state index contributed by atoms with van der Waals surface area (Å²) in [5.41, 5.74) is 3.31. The van der Waals surface area contributed by atoms with Crippen molar-refractivity contribution in [2.24, 2.45) is 0 Å². The number of aromatic amines is 1. The van der Waals surface area contributed by atoms with Gasteiger partial charge in [0.05, 0.1) is 17.6 Å². The molecule has 0 fully saturated rings. The van der Waals surface area contributed by atoms with Crippen LogP contribution in [0, 0.1) is 13.8 Å². The van der Waals surface area contributed by atoms with Crippen molar-refractivity contribution in [1.82, 2.24) is 9.36 Å². The molecule has 0 spiro atoms. The SMILES string of the molecule is CC(=O)c1[nH]c(-c2cnsc2C)c(C=O)c1C. The van der Waals surface area contributed by atoms with Gasteiger partial charge in [0.2, 0.25) is 0 Å². The number of nitrogens with one attached hydrogen (secondary N) is 1. The van der Waals surface area contributed by atoms with E-state index in [1.54, 1.807) is 13.1 Å². The number of aldehydes is 1. The summed E-state index contributed by atoms with van der Waals surface area (Å²) in [6, 6.07) is 0. The lowest BCUT2D eigenvalue weighted by molar-refractivity contribution is 0.101. The van der Waals surface area contributed by atoms with Crippen molar-refractivity contribution in [2.45, 2.75) is 20.8 Å². The van der Waals surface area contributed by atoms with Crippen molar-refractivity contribution in [3.8, 4) is 11.3 Å². The second-order valence-electron chi connectivity index (χ2n) is 3.88. The summed E-state index contributed by atoms with van der Waals surface area (Å²) >= 11 is 1.37. The second kappa shape index (κ2) is 4.25. The number of rotatable bonds is 3. The van der Waals surface area contributed by atoms with Gasteiger partial charge in [-0.2, -0.15) is 0 Å². The Morgan fingerprint density at radius 3 is 2.65 bits per heavy atom. The summed E-state index contributed by atoms with van der Waals surface area (Å²) in [5.74, 6) is -0.0716. The molecule has 1 N–H and O–H groups in total. The molecule has 4 nitrogen and oxygen atoms in total. The number of aromatic nitrogens is 2. The van der Waals surface area contributed by atoms with Gasteiger partial charge in [-0.05, 0) is 30.9 Å². The Morgan fingerprint density at radius 2 is 2.18 bits per heavy atom. The van der Waals surface area contributed by atoms with Crippen molar-refractivity contribution in [2.75, 3.05) is 0 Å². The fraction of sp³-hybridized carbons (Fsp3) is 0.250. The maximum absolute atomic E-state index is 11.4. The Morgan fingerprint density at radius 1 is 1.47 bits per heavy atom. The zero-order chi connectivity index (χ0) is 12.6. The van der Waals surface area contributed by atoms with Gasteiger partial charge in [-0.1, -0.05) is 0 Å². The summed E-state index contributed by atoms with van der Waals surface area (Å²) in [6.07, 6.45) is 2.49. The van der Waals surface area contributed by atoms with Gasteiger partial charge in [-0.25, -0.2) is 4.37 Å². The summed E-state index contributed by atoms with van der Waals surface area (Å²) < 4.78 is 4.08. The summed E-state index contributed by atoms with van der Waals surface area (Å²) in [7, 11) is 0. The van der Waals surface area contributed by atoms with E-state index >= 15 is 0 Å². The highest BCUT2D eigenvalue weighted by Gasteiger charge is 2.19. The van der Waals surface area contributed by atoms with Gasteiger partial charge in [0.15, 0.2) is 12.1 Å². The third-order valence-electron chi connectivity index (χ3n) is 2.79. The maximum Gasteiger partial charge on any atom is 0.176 e. The molecule has 0 atom stereocenters. The largest absolute Gasteiger partial charge is 0.351 e. The Kier molecular flexibility index (Phi) is 2.93. The van der Waals surface area contributed by atoms with Gasteiger partial charge < -0.3 is 4.98 Å². The van der Waals surface area contributed by atoms with E-state index in [9.17, 15) is 9.59 Å². The number of carbonyl (C=O) groups is 2. The van der Waals surface area contributed by atoms with Crippen LogP contribution in [0.5, 0.6) is 0 Å². The van der Waals surface area contributed by atoms with Gasteiger partial charge in [-0.15, -0.1) is 0 Å². The summed E-state index contributed by atoms with van der Waals surface area (Å²) in [6.45, 7) is 5.19. The van der Waals surface area contributed by atoms with E-state index in [1.807, 2.05) is 6.92 Å². The predicted molar refractivity (Wildman–Crippen MR) is 66.8 cm³/mol. The van der Waals surface area contributed by atoms with E-state index in [2.05, 4.69) is 9.36 Å². The van der Waals surface area contributed by atoms with Crippen LogP contribution in [-0.2, 0) is 0 Å². The lowest BCUT2D eigenvalue weighted by Gasteiger charge is -1.96. The Hall–Kier alpha value is -1.75. The maximum atomic E-state index is 11.4. The lowest BCUT2D eigenvalue weighted by atomic mass is 10.1. The molecule has 0 aliphatic carbocycles. The molecule has 0 saturated heterocycles. The molecule has 2 aromatic heterocycles. The molecule has 17 heavy (non-hydrogen) atoms. The molecule has 0 amide bonds. The van der Waals surface area contributed by atoms with E-state index in [1.165, 1.54) is 18.5 Å².